The van der Waals surface area contributed by atoms with Crippen LogP contribution in [-0.4, -0.2) is 42.3 Å². The molecule has 0 aromatic carbocycles. The number of nitrogens with zero attached hydrogens (tertiary/aromatic N) is 1. The topological polar surface area (TPSA) is 41.6 Å². The Morgan fingerprint density at radius 1 is 1.47 bits per heavy atom. The quantitative estimate of drug-likeness (QED) is 0.720. The molecule has 4 nitrogen and oxygen atoms in total. The van der Waals surface area contributed by atoms with Crippen LogP contribution in [0, 0.1) is 0 Å². The molecule has 2 saturated carbocycles. The number of carbonyl (C=O) groups is 1. The average molecular weight is 210 g/mol. The number of rotatable bonds is 2. The van der Waals surface area contributed by atoms with Gasteiger partial charge in [0.2, 0.25) is 5.91 Å². The lowest BCUT2D eigenvalue weighted by molar-refractivity contribution is -0.133. The summed E-state index contributed by atoms with van der Waals surface area (Å²) >= 11 is 0. The van der Waals surface area contributed by atoms with Crippen LogP contribution in [0.15, 0.2) is 0 Å². The van der Waals surface area contributed by atoms with Gasteiger partial charge in [0.25, 0.3) is 0 Å². The SMILES string of the molecule is COC1CCCC1N1CNC2(CC2)C1=O. The fourth-order valence-electron chi connectivity index (χ4n) is 2.98. The number of methoxy groups -OCH3 is 1. The minimum Gasteiger partial charge on any atom is -0.379 e. The van der Waals surface area contributed by atoms with Crippen molar-refractivity contribution in [1.82, 2.24) is 10.2 Å². The summed E-state index contributed by atoms with van der Waals surface area (Å²) in [7, 11) is 1.75. The van der Waals surface area contributed by atoms with Crippen molar-refractivity contribution in [3.05, 3.63) is 0 Å². The van der Waals surface area contributed by atoms with Gasteiger partial charge in [-0.25, -0.2) is 0 Å². The van der Waals surface area contributed by atoms with Crippen LogP contribution in [0.4, 0.5) is 0 Å². The summed E-state index contributed by atoms with van der Waals surface area (Å²) in [6, 6.07) is 0.315. The van der Waals surface area contributed by atoms with Gasteiger partial charge in [0, 0.05) is 7.11 Å². The molecule has 2 atom stereocenters. The van der Waals surface area contributed by atoms with Gasteiger partial charge in [-0.2, -0.15) is 0 Å². The number of ether oxygens (including phenoxy) is 1. The molecule has 3 aliphatic rings. The summed E-state index contributed by atoms with van der Waals surface area (Å²) in [5.41, 5.74) is -0.152. The van der Waals surface area contributed by atoms with E-state index >= 15 is 0 Å². The highest BCUT2D eigenvalue weighted by Gasteiger charge is 2.57. The molecule has 1 amide bonds. The Kier molecular flexibility index (Phi) is 2.04. The predicted molar refractivity (Wildman–Crippen MR) is 55.2 cm³/mol. The molecule has 4 heteroatoms. The number of carbonyl (C=O) groups excluding carboxylic acids is 1. The number of hydrogen-bond acceptors (Lipinski definition) is 3. The fraction of sp³-hybridized carbons (Fsp3) is 0.909. The molecule has 0 radical (unpaired) electrons. The van der Waals surface area contributed by atoms with Crippen LogP contribution >= 0.6 is 0 Å². The lowest BCUT2D eigenvalue weighted by Gasteiger charge is -2.28. The Morgan fingerprint density at radius 3 is 2.87 bits per heavy atom. The van der Waals surface area contributed by atoms with Gasteiger partial charge in [-0.3, -0.25) is 10.1 Å². The minimum absolute atomic E-state index is 0.152. The second kappa shape index (κ2) is 3.19. The van der Waals surface area contributed by atoms with Crippen molar-refractivity contribution in [2.75, 3.05) is 13.8 Å². The zero-order valence-corrected chi connectivity index (χ0v) is 9.16. The second-order valence-electron chi connectivity index (χ2n) is 4.96. The van der Waals surface area contributed by atoms with E-state index in [-0.39, 0.29) is 11.6 Å². The van der Waals surface area contributed by atoms with Gasteiger partial charge >= 0.3 is 0 Å². The third kappa shape index (κ3) is 1.31. The minimum atomic E-state index is -0.152. The highest BCUT2D eigenvalue weighted by molar-refractivity contribution is 5.91. The zero-order chi connectivity index (χ0) is 10.5. The van der Waals surface area contributed by atoms with E-state index in [4.69, 9.17) is 4.74 Å². The van der Waals surface area contributed by atoms with Crippen molar-refractivity contribution in [3.63, 3.8) is 0 Å². The number of hydrogen-bond donors (Lipinski definition) is 1. The van der Waals surface area contributed by atoms with E-state index in [0.29, 0.717) is 11.9 Å². The first kappa shape index (κ1) is 9.60. The molecular formula is C11H18N2O2. The smallest absolute Gasteiger partial charge is 0.244 e. The Bertz CT molecular complexity index is 288. The van der Waals surface area contributed by atoms with Gasteiger partial charge in [0.1, 0.15) is 0 Å². The van der Waals surface area contributed by atoms with E-state index in [1.165, 1.54) is 6.42 Å². The molecule has 15 heavy (non-hydrogen) atoms. The van der Waals surface area contributed by atoms with Gasteiger partial charge in [-0.15, -0.1) is 0 Å². The maximum Gasteiger partial charge on any atom is 0.244 e. The molecule has 3 rings (SSSR count). The molecular weight excluding hydrogens is 192 g/mol. The molecule has 0 aromatic heterocycles. The van der Waals surface area contributed by atoms with Crippen molar-refractivity contribution in [2.45, 2.75) is 49.8 Å². The maximum atomic E-state index is 12.1. The Hall–Kier alpha value is -0.610. The standard InChI is InChI=1S/C11H18N2O2/c1-15-9-4-2-3-8(9)13-7-12-11(5-6-11)10(13)14/h8-9,12H,2-7H2,1H3. The van der Waals surface area contributed by atoms with Crippen LogP contribution in [0.25, 0.3) is 0 Å². The normalized spacial score (nSPS) is 37.9. The molecule has 2 aliphatic carbocycles. The van der Waals surface area contributed by atoms with E-state index in [0.717, 1.165) is 32.4 Å². The third-order valence-corrected chi connectivity index (χ3v) is 4.13. The first-order valence-electron chi connectivity index (χ1n) is 5.86. The van der Waals surface area contributed by atoms with E-state index in [1.807, 2.05) is 4.90 Å². The summed E-state index contributed by atoms with van der Waals surface area (Å²) in [4.78, 5) is 14.2. The van der Waals surface area contributed by atoms with Crippen LogP contribution in [0.1, 0.15) is 32.1 Å². The molecule has 0 bridgehead atoms. The summed E-state index contributed by atoms with van der Waals surface area (Å²) in [6.45, 7) is 0.726. The molecule has 1 N–H and O–H groups in total. The van der Waals surface area contributed by atoms with Gasteiger partial charge in [-0.05, 0) is 32.1 Å². The van der Waals surface area contributed by atoms with Gasteiger partial charge in [0.15, 0.2) is 0 Å². The van der Waals surface area contributed by atoms with Crippen LogP contribution in [0.3, 0.4) is 0 Å². The molecule has 0 aromatic rings. The molecule has 2 unspecified atom stereocenters. The van der Waals surface area contributed by atoms with Crippen molar-refractivity contribution in [1.29, 1.82) is 0 Å². The highest BCUT2D eigenvalue weighted by Crippen LogP contribution is 2.42. The maximum absolute atomic E-state index is 12.1. The Morgan fingerprint density at radius 2 is 2.27 bits per heavy atom. The summed E-state index contributed by atoms with van der Waals surface area (Å²) in [5.74, 6) is 0.316. The predicted octanol–water partition coefficient (Wildman–Crippen LogP) is 0.476. The van der Waals surface area contributed by atoms with Crippen molar-refractivity contribution < 1.29 is 9.53 Å². The van der Waals surface area contributed by atoms with Gasteiger partial charge in [0.05, 0.1) is 24.4 Å². The van der Waals surface area contributed by atoms with Crippen molar-refractivity contribution in [2.24, 2.45) is 0 Å². The van der Waals surface area contributed by atoms with Crippen molar-refractivity contribution in [3.8, 4) is 0 Å². The largest absolute Gasteiger partial charge is 0.379 e. The van der Waals surface area contributed by atoms with Gasteiger partial charge in [-0.1, -0.05) is 0 Å². The Balaban J connectivity index is 1.75. The molecule has 1 saturated heterocycles. The van der Waals surface area contributed by atoms with Gasteiger partial charge < -0.3 is 9.64 Å². The van der Waals surface area contributed by atoms with Crippen molar-refractivity contribution >= 4 is 5.91 Å². The molecule has 1 heterocycles. The van der Waals surface area contributed by atoms with E-state index in [1.54, 1.807) is 7.11 Å². The molecule has 3 fully saturated rings. The van der Waals surface area contributed by atoms with E-state index in [2.05, 4.69) is 5.32 Å². The lowest BCUT2D eigenvalue weighted by atomic mass is 10.1. The zero-order valence-electron chi connectivity index (χ0n) is 9.16. The summed E-state index contributed by atoms with van der Waals surface area (Å²) < 4.78 is 5.45. The molecule has 1 spiro atoms. The van der Waals surface area contributed by atoms with E-state index in [9.17, 15) is 4.79 Å². The van der Waals surface area contributed by atoms with Crippen LogP contribution in [0.5, 0.6) is 0 Å². The van der Waals surface area contributed by atoms with Crippen LogP contribution in [0.2, 0.25) is 0 Å². The summed E-state index contributed by atoms with van der Waals surface area (Å²) in [6.07, 6.45) is 5.67. The van der Waals surface area contributed by atoms with Crippen LogP contribution in [-0.2, 0) is 9.53 Å². The lowest BCUT2D eigenvalue weighted by Crippen LogP contribution is -2.43. The fourth-order valence-corrected chi connectivity index (χ4v) is 2.98. The first-order valence-corrected chi connectivity index (χ1v) is 5.86. The monoisotopic (exact) mass is 210 g/mol. The second-order valence-corrected chi connectivity index (χ2v) is 4.96. The third-order valence-electron chi connectivity index (χ3n) is 4.13. The summed E-state index contributed by atoms with van der Waals surface area (Å²) in [5, 5.41) is 3.35. The number of nitrogens with one attached hydrogen (secondary N) is 1. The van der Waals surface area contributed by atoms with Crippen LogP contribution < -0.4 is 5.32 Å². The average Bonchev–Trinajstić information content (AvgIpc) is 2.77. The number of amides is 1. The molecule has 84 valence electrons. The molecule has 1 aliphatic heterocycles. The Labute approximate surface area is 90.0 Å². The first-order chi connectivity index (χ1) is 7.27. The van der Waals surface area contributed by atoms with E-state index < -0.39 is 0 Å². The highest BCUT2D eigenvalue weighted by atomic mass is 16.5.